The van der Waals surface area contributed by atoms with Crippen LogP contribution in [0.1, 0.15) is 31.9 Å². The van der Waals surface area contributed by atoms with E-state index in [2.05, 4.69) is 30.2 Å². The van der Waals surface area contributed by atoms with Crippen LogP contribution in [0.3, 0.4) is 0 Å². The number of sulfonamides is 2. The second kappa shape index (κ2) is 14.9. The minimum atomic E-state index is -3.85. The first-order valence-electron chi connectivity index (χ1n) is 13.8. The van der Waals surface area contributed by atoms with Gasteiger partial charge in [0.15, 0.2) is 4.90 Å². The maximum Gasteiger partial charge on any atom is 0.269 e. The van der Waals surface area contributed by atoms with Crippen molar-refractivity contribution in [3.05, 3.63) is 96.1 Å². The lowest BCUT2D eigenvalue weighted by Gasteiger charge is -2.19. The molecule has 0 spiro atoms. The van der Waals surface area contributed by atoms with Crippen molar-refractivity contribution in [2.45, 2.75) is 36.0 Å². The number of anilines is 2. The molecule has 0 unspecified atom stereocenters. The molecule has 4 aromatic rings. The fourth-order valence-corrected chi connectivity index (χ4v) is 6.77. The molecule has 0 atom stereocenters. The van der Waals surface area contributed by atoms with E-state index >= 15 is 0 Å². The normalized spacial score (nSPS) is 11.3. The van der Waals surface area contributed by atoms with Gasteiger partial charge in [-0.1, -0.05) is 39.0 Å². The average Bonchev–Trinajstić information content (AvgIpc) is 3.04. The summed E-state index contributed by atoms with van der Waals surface area (Å²) in [4.78, 5) is -0.0476. The molecule has 0 aliphatic heterocycles. The lowest BCUT2D eigenvalue weighted by atomic mass is 9.87. The third kappa shape index (κ3) is 8.83. The Morgan fingerprint density at radius 2 is 1.13 bits per heavy atom. The van der Waals surface area contributed by atoms with Crippen LogP contribution in [0.5, 0.6) is 23.0 Å². The van der Waals surface area contributed by atoms with Crippen LogP contribution >= 0.6 is 0 Å². The molecule has 0 heterocycles. The summed E-state index contributed by atoms with van der Waals surface area (Å²) in [6, 6.07) is 24.7. The SMILES string of the molecule is COc1ccc(OC)c(S(=O)(=O)Nc2ccc(C#N)cc2)c1.COc1cccc(OC)c1S(=O)(=O)Nc1ccc(C(C)(C)C)cc1. The van der Waals surface area contributed by atoms with Crippen molar-refractivity contribution >= 4 is 31.4 Å². The number of hydrogen-bond donors (Lipinski definition) is 2. The Kier molecular flexibility index (Phi) is 11.5. The molecule has 0 aromatic heterocycles. The van der Waals surface area contributed by atoms with Crippen molar-refractivity contribution in [2.75, 3.05) is 37.9 Å². The monoisotopic (exact) mass is 667 g/mol. The van der Waals surface area contributed by atoms with E-state index in [1.54, 1.807) is 36.4 Å². The van der Waals surface area contributed by atoms with E-state index in [0.717, 1.165) is 5.56 Å². The predicted molar refractivity (Wildman–Crippen MR) is 177 cm³/mol. The summed E-state index contributed by atoms with van der Waals surface area (Å²) >= 11 is 0. The van der Waals surface area contributed by atoms with E-state index in [4.69, 9.17) is 24.2 Å². The van der Waals surface area contributed by atoms with Gasteiger partial charge in [0.1, 0.15) is 27.9 Å². The number of nitrogens with one attached hydrogen (secondary N) is 2. The highest BCUT2D eigenvalue weighted by Crippen LogP contribution is 2.34. The fourth-order valence-electron chi connectivity index (χ4n) is 4.14. The highest BCUT2D eigenvalue weighted by atomic mass is 32.2. The van der Waals surface area contributed by atoms with Crippen molar-refractivity contribution in [3.8, 4) is 29.1 Å². The average molecular weight is 668 g/mol. The molecular weight excluding hydrogens is 631 g/mol. The Bertz CT molecular complexity index is 1870. The molecule has 4 rings (SSSR count). The van der Waals surface area contributed by atoms with E-state index in [1.807, 2.05) is 18.2 Å². The molecule has 0 aliphatic rings. The van der Waals surface area contributed by atoms with Gasteiger partial charge in [-0.25, -0.2) is 16.8 Å². The van der Waals surface area contributed by atoms with Crippen LogP contribution in [0.4, 0.5) is 11.4 Å². The summed E-state index contributed by atoms with van der Waals surface area (Å²) < 4.78 is 76.0. The van der Waals surface area contributed by atoms with E-state index in [1.165, 1.54) is 64.8 Å². The maximum atomic E-state index is 12.8. The zero-order valence-corrected chi connectivity index (χ0v) is 28.2. The summed E-state index contributed by atoms with van der Waals surface area (Å²) in [5.41, 5.74) is 2.41. The van der Waals surface area contributed by atoms with Gasteiger partial charge in [0, 0.05) is 17.4 Å². The predicted octanol–water partition coefficient (Wildman–Crippen LogP) is 6.18. The smallest absolute Gasteiger partial charge is 0.269 e. The molecule has 0 amide bonds. The number of benzene rings is 4. The Hall–Kier alpha value is -4.93. The van der Waals surface area contributed by atoms with Gasteiger partial charge in [-0.05, 0) is 71.6 Å². The minimum absolute atomic E-state index is 0.00325. The molecule has 0 saturated carbocycles. The van der Waals surface area contributed by atoms with Crippen LogP contribution in [-0.2, 0) is 25.5 Å². The zero-order valence-electron chi connectivity index (χ0n) is 26.6. The Morgan fingerprint density at radius 3 is 1.59 bits per heavy atom. The number of ether oxygens (including phenoxy) is 4. The molecule has 2 N–H and O–H groups in total. The second-order valence-electron chi connectivity index (χ2n) is 10.7. The molecule has 0 aliphatic carbocycles. The molecule has 244 valence electrons. The van der Waals surface area contributed by atoms with Gasteiger partial charge < -0.3 is 18.9 Å². The standard InChI is InChI=1S/C18H23NO4S.C15H14N2O4S/c1-18(2,3)13-9-11-14(12-10-13)19-24(20,21)17-15(22-4)7-6-8-16(17)23-5;1-20-13-7-8-14(21-2)15(9-13)22(18,19)17-12-5-3-11(10-16)4-6-12/h6-12,19H,1-5H3;3-9,17H,1-2H3. The molecule has 0 bridgehead atoms. The van der Waals surface area contributed by atoms with E-state index in [9.17, 15) is 16.8 Å². The molecule has 11 nitrogen and oxygen atoms in total. The van der Waals surface area contributed by atoms with E-state index < -0.39 is 20.0 Å². The Morgan fingerprint density at radius 1 is 0.630 bits per heavy atom. The van der Waals surface area contributed by atoms with Crippen molar-refractivity contribution < 1.29 is 35.8 Å². The molecular formula is C33H37N3O8S2. The minimum Gasteiger partial charge on any atom is -0.497 e. The number of rotatable bonds is 10. The largest absolute Gasteiger partial charge is 0.497 e. The van der Waals surface area contributed by atoms with Crippen LogP contribution in [-0.4, -0.2) is 45.3 Å². The summed E-state index contributed by atoms with van der Waals surface area (Å²) in [6.07, 6.45) is 0. The highest BCUT2D eigenvalue weighted by molar-refractivity contribution is 7.93. The highest BCUT2D eigenvalue weighted by Gasteiger charge is 2.25. The van der Waals surface area contributed by atoms with Crippen LogP contribution < -0.4 is 28.4 Å². The summed E-state index contributed by atoms with van der Waals surface area (Å²) in [5.74, 6) is 1.07. The summed E-state index contributed by atoms with van der Waals surface area (Å²) in [6.45, 7) is 6.31. The van der Waals surface area contributed by atoms with Crippen molar-refractivity contribution in [2.24, 2.45) is 0 Å². The van der Waals surface area contributed by atoms with Crippen molar-refractivity contribution in [3.63, 3.8) is 0 Å². The number of hydrogen-bond acceptors (Lipinski definition) is 9. The third-order valence-corrected chi connectivity index (χ3v) is 9.43. The second-order valence-corrected chi connectivity index (χ2v) is 14.0. The lowest BCUT2D eigenvalue weighted by molar-refractivity contribution is 0.373. The van der Waals surface area contributed by atoms with Crippen LogP contribution in [0.15, 0.2) is 94.7 Å². The van der Waals surface area contributed by atoms with E-state index in [0.29, 0.717) is 22.7 Å². The van der Waals surface area contributed by atoms with Gasteiger partial charge in [0.05, 0.1) is 40.1 Å². The van der Waals surface area contributed by atoms with Gasteiger partial charge >= 0.3 is 0 Å². The van der Waals surface area contributed by atoms with Gasteiger partial charge in [-0.2, -0.15) is 5.26 Å². The molecule has 0 saturated heterocycles. The summed E-state index contributed by atoms with van der Waals surface area (Å²) in [5, 5.41) is 8.75. The first-order chi connectivity index (χ1) is 21.7. The lowest BCUT2D eigenvalue weighted by Crippen LogP contribution is -2.16. The van der Waals surface area contributed by atoms with Gasteiger partial charge in [0.25, 0.3) is 20.0 Å². The van der Waals surface area contributed by atoms with Gasteiger partial charge in [0.2, 0.25) is 0 Å². The fraction of sp³-hybridized carbons (Fsp3) is 0.242. The van der Waals surface area contributed by atoms with Crippen LogP contribution in [0.25, 0.3) is 0 Å². The zero-order chi connectivity index (χ0) is 34.1. The Balaban J connectivity index is 0.000000251. The van der Waals surface area contributed by atoms with Gasteiger partial charge in [-0.15, -0.1) is 0 Å². The molecule has 13 heteroatoms. The molecule has 4 aromatic carbocycles. The topological polar surface area (TPSA) is 153 Å². The molecule has 0 fully saturated rings. The van der Waals surface area contributed by atoms with Crippen molar-refractivity contribution in [1.29, 1.82) is 5.26 Å². The first-order valence-corrected chi connectivity index (χ1v) is 16.7. The maximum absolute atomic E-state index is 12.8. The quantitative estimate of drug-likeness (QED) is 0.202. The third-order valence-electron chi connectivity index (χ3n) is 6.58. The first kappa shape index (κ1) is 35.5. The molecule has 0 radical (unpaired) electrons. The molecule has 46 heavy (non-hydrogen) atoms. The van der Waals surface area contributed by atoms with Gasteiger partial charge in [-0.3, -0.25) is 9.44 Å². The Labute approximate surface area is 270 Å². The number of methoxy groups -OCH3 is 4. The van der Waals surface area contributed by atoms with E-state index in [-0.39, 0.29) is 32.5 Å². The van der Waals surface area contributed by atoms with Crippen LogP contribution in [0.2, 0.25) is 0 Å². The number of nitriles is 1. The summed E-state index contributed by atoms with van der Waals surface area (Å²) in [7, 11) is -2.01. The number of nitrogens with zero attached hydrogens (tertiary/aromatic N) is 1. The van der Waals surface area contributed by atoms with Crippen LogP contribution in [0, 0.1) is 11.3 Å². The van der Waals surface area contributed by atoms with Crippen molar-refractivity contribution in [1.82, 2.24) is 0 Å².